The Balaban J connectivity index is 2.28. The molecule has 0 aliphatic carbocycles. The van der Waals surface area contributed by atoms with Gasteiger partial charge in [0.2, 0.25) is 0 Å². The number of aromatic nitrogens is 1. The summed E-state index contributed by atoms with van der Waals surface area (Å²) in [5.74, 6) is 0.548. The van der Waals surface area contributed by atoms with E-state index in [-0.39, 0.29) is 18.7 Å². The van der Waals surface area contributed by atoms with E-state index < -0.39 is 0 Å². The van der Waals surface area contributed by atoms with E-state index in [1.165, 1.54) is 4.90 Å². The van der Waals surface area contributed by atoms with E-state index in [2.05, 4.69) is 26.2 Å². The van der Waals surface area contributed by atoms with Gasteiger partial charge in [-0.05, 0) is 28.1 Å². The minimum atomic E-state index is -0.230. The van der Waals surface area contributed by atoms with Gasteiger partial charge in [-0.25, -0.2) is 9.78 Å². The number of urea groups is 1. The molecule has 15 heavy (non-hydrogen) atoms. The van der Waals surface area contributed by atoms with Crippen molar-refractivity contribution in [1.29, 1.82) is 0 Å². The fourth-order valence-electron chi connectivity index (χ4n) is 1.50. The summed E-state index contributed by atoms with van der Waals surface area (Å²) >= 11 is 3.27. The second-order valence-corrected chi connectivity index (χ2v) is 4.14. The first kappa shape index (κ1) is 10.4. The van der Waals surface area contributed by atoms with E-state index >= 15 is 0 Å². The molecule has 1 aliphatic rings. The molecule has 0 bridgehead atoms. The van der Waals surface area contributed by atoms with Crippen molar-refractivity contribution in [2.75, 3.05) is 18.1 Å². The number of aliphatic hydroxyl groups is 1. The molecule has 2 amide bonds. The Morgan fingerprint density at radius 1 is 1.67 bits per heavy atom. The van der Waals surface area contributed by atoms with Crippen molar-refractivity contribution in [2.45, 2.75) is 6.04 Å². The van der Waals surface area contributed by atoms with Crippen LogP contribution in [-0.2, 0) is 0 Å². The van der Waals surface area contributed by atoms with Crippen LogP contribution >= 0.6 is 15.9 Å². The van der Waals surface area contributed by atoms with Crippen LogP contribution in [0.25, 0.3) is 0 Å². The third-order valence-electron chi connectivity index (χ3n) is 2.24. The molecule has 0 radical (unpaired) electrons. The van der Waals surface area contributed by atoms with Gasteiger partial charge in [0.25, 0.3) is 0 Å². The zero-order valence-corrected chi connectivity index (χ0v) is 9.44. The van der Waals surface area contributed by atoms with Crippen LogP contribution in [0.2, 0.25) is 0 Å². The van der Waals surface area contributed by atoms with Crippen LogP contribution in [-0.4, -0.2) is 35.3 Å². The van der Waals surface area contributed by atoms with Gasteiger partial charge in [-0.1, -0.05) is 0 Å². The quantitative estimate of drug-likeness (QED) is 0.834. The number of hydrogen-bond donors (Lipinski definition) is 2. The number of nitrogens with one attached hydrogen (secondary N) is 1. The first-order valence-electron chi connectivity index (χ1n) is 4.52. The first-order valence-corrected chi connectivity index (χ1v) is 5.31. The lowest BCUT2D eigenvalue weighted by atomic mass is 10.3. The Morgan fingerprint density at radius 2 is 2.47 bits per heavy atom. The molecule has 0 saturated carbocycles. The van der Waals surface area contributed by atoms with Gasteiger partial charge in [-0.15, -0.1) is 0 Å². The number of nitrogens with zero attached hydrogens (tertiary/aromatic N) is 2. The molecule has 0 aromatic carbocycles. The van der Waals surface area contributed by atoms with Crippen molar-refractivity contribution < 1.29 is 9.90 Å². The molecule has 80 valence electrons. The molecule has 5 nitrogen and oxygen atoms in total. The summed E-state index contributed by atoms with van der Waals surface area (Å²) in [6, 6.07) is 3.09. The van der Waals surface area contributed by atoms with Crippen molar-refractivity contribution in [3.63, 3.8) is 0 Å². The second-order valence-electron chi connectivity index (χ2n) is 3.23. The Kier molecular flexibility index (Phi) is 2.88. The van der Waals surface area contributed by atoms with Gasteiger partial charge < -0.3 is 10.4 Å². The lowest BCUT2D eigenvalue weighted by Crippen LogP contribution is -2.37. The fourth-order valence-corrected chi connectivity index (χ4v) is 1.73. The Morgan fingerprint density at radius 3 is 3.07 bits per heavy atom. The maximum absolute atomic E-state index is 11.5. The van der Waals surface area contributed by atoms with E-state index in [9.17, 15) is 4.79 Å². The summed E-state index contributed by atoms with van der Waals surface area (Å²) in [6.45, 7) is 0.379. The molecule has 2 heterocycles. The predicted octanol–water partition coefficient (Wildman–Crippen LogP) is 0.735. The highest BCUT2D eigenvalue weighted by molar-refractivity contribution is 9.10. The maximum atomic E-state index is 11.5. The topological polar surface area (TPSA) is 65.5 Å². The van der Waals surface area contributed by atoms with Crippen LogP contribution in [0.4, 0.5) is 10.6 Å². The first-order chi connectivity index (χ1) is 7.22. The molecule has 6 heteroatoms. The molecule has 0 spiro atoms. The van der Waals surface area contributed by atoms with Gasteiger partial charge in [0.15, 0.2) is 0 Å². The number of halogens is 1. The van der Waals surface area contributed by atoms with Gasteiger partial charge in [0, 0.05) is 17.2 Å². The number of carbonyl (C=O) groups excluding carboxylic acids is 1. The van der Waals surface area contributed by atoms with Crippen LogP contribution in [0.15, 0.2) is 22.8 Å². The highest BCUT2D eigenvalue weighted by atomic mass is 79.9. The Bertz CT molecular complexity index is 368. The van der Waals surface area contributed by atoms with E-state index in [1.54, 1.807) is 12.3 Å². The number of rotatable bonds is 2. The molecule has 1 aliphatic heterocycles. The molecule has 2 N–H and O–H groups in total. The fraction of sp³-hybridized carbons (Fsp3) is 0.333. The van der Waals surface area contributed by atoms with Crippen molar-refractivity contribution in [3.05, 3.63) is 22.8 Å². The monoisotopic (exact) mass is 271 g/mol. The molecule has 1 atom stereocenters. The predicted molar refractivity (Wildman–Crippen MR) is 58.7 cm³/mol. The second kappa shape index (κ2) is 4.16. The molecular weight excluding hydrogens is 262 g/mol. The smallest absolute Gasteiger partial charge is 0.323 e. The average Bonchev–Trinajstić information content (AvgIpc) is 2.61. The summed E-state index contributed by atoms with van der Waals surface area (Å²) in [5, 5.41) is 11.8. The van der Waals surface area contributed by atoms with Gasteiger partial charge in [-0.3, -0.25) is 4.90 Å². The largest absolute Gasteiger partial charge is 0.394 e. The van der Waals surface area contributed by atoms with Crippen LogP contribution < -0.4 is 10.2 Å². The Hall–Kier alpha value is -1.14. The number of amides is 2. The molecule has 1 aromatic rings. The highest BCUT2D eigenvalue weighted by Gasteiger charge is 2.31. The zero-order valence-electron chi connectivity index (χ0n) is 7.85. The van der Waals surface area contributed by atoms with E-state index in [0.29, 0.717) is 12.4 Å². The van der Waals surface area contributed by atoms with E-state index in [1.807, 2.05) is 6.07 Å². The number of anilines is 1. The summed E-state index contributed by atoms with van der Waals surface area (Å²) < 4.78 is 0.853. The maximum Gasteiger partial charge on any atom is 0.323 e. The van der Waals surface area contributed by atoms with Crippen LogP contribution in [0, 0.1) is 0 Å². The van der Waals surface area contributed by atoms with E-state index in [4.69, 9.17) is 5.11 Å². The van der Waals surface area contributed by atoms with Crippen molar-refractivity contribution in [3.8, 4) is 0 Å². The number of aliphatic hydroxyl groups excluding tert-OH is 1. The molecule has 1 fully saturated rings. The summed E-state index contributed by atoms with van der Waals surface area (Å²) in [5.41, 5.74) is 0. The molecule has 1 aromatic heterocycles. The van der Waals surface area contributed by atoms with Gasteiger partial charge in [0.05, 0.1) is 12.6 Å². The lowest BCUT2D eigenvalue weighted by Gasteiger charge is -2.19. The van der Waals surface area contributed by atoms with Crippen molar-refractivity contribution >= 4 is 27.8 Å². The minimum Gasteiger partial charge on any atom is -0.394 e. The molecule has 1 unspecified atom stereocenters. The van der Waals surface area contributed by atoms with Gasteiger partial charge >= 0.3 is 6.03 Å². The van der Waals surface area contributed by atoms with Crippen molar-refractivity contribution in [2.24, 2.45) is 0 Å². The van der Waals surface area contributed by atoms with Gasteiger partial charge in [-0.2, -0.15) is 0 Å². The highest BCUT2D eigenvalue weighted by Crippen LogP contribution is 2.19. The summed E-state index contributed by atoms with van der Waals surface area (Å²) in [4.78, 5) is 17.1. The normalized spacial score (nSPS) is 20.5. The third-order valence-corrected chi connectivity index (χ3v) is 2.71. The van der Waals surface area contributed by atoms with Crippen LogP contribution in [0.1, 0.15) is 0 Å². The van der Waals surface area contributed by atoms with Crippen LogP contribution in [0.3, 0.4) is 0 Å². The third kappa shape index (κ3) is 1.95. The molecular formula is C9H10BrN3O2. The van der Waals surface area contributed by atoms with E-state index in [0.717, 1.165) is 4.47 Å². The van der Waals surface area contributed by atoms with Gasteiger partial charge in [0.1, 0.15) is 5.82 Å². The number of pyridine rings is 1. The summed E-state index contributed by atoms with van der Waals surface area (Å²) in [6.07, 6.45) is 1.62. The standard InChI is InChI=1S/C9H10BrN3O2/c10-6-1-2-8(11-3-6)13-7(5-14)4-12-9(13)15/h1-3,7,14H,4-5H2,(H,12,15). The number of carbonyl (C=O) groups is 1. The zero-order chi connectivity index (χ0) is 10.8. The average molecular weight is 272 g/mol. The lowest BCUT2D eigenvalue weighted by molar-refractivity contribution is 0.247. The SMILES string of the molecule is O=C1NCC(CO)N1c1ccc(Br)cn1. The molecule has 2 rings (SSSR count). The number of hydrogen-bond acceptors (Lipinski definition) is 3. The molecule has 1 saturated heterocycles. The van der Waals surface area contributed by atoms with Crippen molar-refractivity contribution in [1.82, 2.24) is 10.3 Å². The van der Waals surface area contributed by atoms with Crippen LogP contribution in [0.5, 0.6) is 0 Å². The Labute approximate surface area is 95.2 Å². The minimum absolute atomic E-state index is 0.0729. The summed E-state index contributed by atoms with van der Waals surface area (Å²) in [7, 11) is 0.